The molecule has 14 heavy (non-hydrogen) atoms. The summed E-state index contributed by atoms with van der Waals surface area (Å²) in [5.74, 6) is 0. The molecule has 0 amide bonds. The number of rotatable bonds is 6. The quantitative estimate of drug-likeness (QED) is 0.494. The molecule has 2 unspecified atom stereocenters. The summed E-state index contributed by atoms with van der Waals surface area (Å²) in [6, 6.07) is 0. The molecule has 5 heteroatoms. The first kappa shape index (κ1) is 12.1. The van der Waals surface area contributed by atoms with Gasteiger partial charge in [0.1, 0.15) is 0 Å². The Labute approximate surface area is 87.5 Å². The molecule has 2 fully saturated rings. The van der Waals surface area contributed by atoms with Crippen LogP contribution in [0.5, 0.6) is 0 Å². The monoisotopic (exact) mass is 220 g/mol. The van der Waals surface area contributed by atoms with Crippen molar-refractivity contribution in [1.29, 1.82) is 0 Å². The number of hydrogen-bond donors (Lipinski definition) is 0. The van der Waals surface area contributed by atoms with Gasteiger partial charge >= 0.3 is 9.53 Å². The van der Waals surface area contributed by atoms with Crippen LogP contribution in [0.3, 0.4) is 0 Å². The Hall–Kier alpha value is 0.0569. The summed E-state index contributed by atoms with van der Waals surface area (Å²) < 4.78 is 20.5. The van der Waals surface area contributed by atoms with Gasteiger partial charge in [0.05, 0.1) is 12.2 Å². The third-order valence-electron chi connectivity index (χ3n) is 1.86. The van der Waals surface area contributed by atoms with Gasteiger partial charge in [-0.25, -0.2) is 0 Å². The molecule has 1 heterocycles. The van der Waals surface area contributed by atoms with E-state index in [9.17, 15) is 0 Å². The first-order valence-corrected chi connectivity index (χ1v) is 6.73. The highest BCUT2D eigenvalue weighted by molar-refractivity contribution is 6.36. The summed E-state index contributed by atoms with van der Waals surface area (Å²) in [6.45, 7) is 7.86. The molecule has 84 valence electrons. The smallest absolute Gasteiger partial charge is 0.376 e. The maximum absolute atomic E-state index is 5.22. The van der Waals surface area contributed by atoms with Crippen molar-refractivity contribution in [3.63, 3.8) is 0 Å². The third-order valence-corrected chi connectivity index (χ3v) is 3.67. The largest absolute Gasteiger partial charge is 0.484 e. The average Bonchev–Trinajstić information content (AvgIpc) is 2.93. The SMILES string of the molecule is C1C2OC12.CCO[SiH](OCC)OCC. The lowest BCUT2D eigenvalue weighted by Crippen LogP contribution is -2.27. The summed E-state index contributed by atoms with van der Waals surface area (Å²) in [6.07, 6.45) is 2.86. The topological polar surface area (TPSA) is 40.2 Å². The Balaban J connectivity index is 0.000000192. The van der Waals surface area contributed by atoms with E-state index in [1.165, 1.54) is 6.42 Å². The van der Waals surface area contributed by atoms with E-state index in [-0.39, 0.29) is 0 Å². The van der Waals surface area contributed by atoms with Gasteiger partial charge in [0.25, 0.3) is 0 Å². The summed E-state index contributed by atoms with van der Waals surface area (Å²) in [5.41, 5.74) is 0. The van der Waals surface area contributed by atoms with E-state index in [1.807, 2.05) is 20.8 Å². The lowest BCUT2D eigenvalue weighted by atomic mass is 10.9. The van der Waals surface area contributed by atoms with E-state index in [0.717, 1.165) is 12.2 Å². The molecule has 1 saturated carbocycles. The van der Waals surface area contributed by atoms with Crippen LogP contribution in [0.15, 0.2) is 0 Å². The molecule has 4 nitrogen and oxygen atoms in total. The van der Waals surface area contributed by atoms with Gasteiger partial charge in [-0.05, 0) is 20.8 Å². The Bertz CT molecular complexity index is 129. The Kier molecular flexibility index (Phi) is 5.65. The van der Waals surface area contributed by atoms with E-state index < -0.39 is 9.53 Å². The second-order valence-electron chi connectivity index (χ2n) is 3.10. The summed E-state index contributed by atoms with van der Waals surface area (Å²) in [5, 5.41) is 0. The minimum Gasteiger partial charge on any atom is -0.376 e. The molecule has 1 saturated heterocycles. The molecule has 2 aliphatic rings. The molecular formula is C9H20O4Si. The number of fused-ring (bicyclic) bond motifs is 1. The highest BCUT2D eigenvalue weighted by Crippen LogP contribution is 2.45. The minimum atomic E-state index is -1.73. The molecule has 0 radical (unpaired) electrons. The highest BCUT2D eigenvalue weighted by Gasteiger charge is 2.56. The van der Waals surface area contributed by atoms with Gasteiger partial charge in [-0.3, -0.25) is 0 Å². The van der Waals surface area contributed by atoms with Crippen molar-refractivity contribution < 1.29 is 18.0 Å². The van der Waals surface area contributed by atoms with Crippen LogP contribution in [-0.4, -0.2) is 41.6 Å². The molecule has 1 aliphatic heterocycles. The molecule has 2 atom stereocenters. The van der Waals surface area contributed by atoms with E-state index in [1.54, 1.807) is 0 Å². The fourth-order valence-corrected chi connectivity index (χ4v) is 1.98. The van der Waals surface area contributed by atoms with Crippen molar-refractivity contribution in [3.05, 3.63) is 0 Å². The molecule has 0 aromatic carbocycles. The van der Waals surface area contributed by atoms with Crippen LogP contribution >= 0.6 is 0 Å². The summed E-state index contributed by atoms with van der Waals surface area (Å²) in [7, 11) is -1.73. The standard InChI is InChI=1S/C6H16O3Si.C3H4O/c1-4-7-10(8-5-2)9-6-3;1-2-3(1)4-2/h10H,4-6H2,1-3H3;2-3H,1H2. The Morgan fingerprint density at radius 2 is 1.29 bits per heavy atom. The lowest BCUT2D eigenvalue weighted by Gasteiger charge is -2.12. The van der Waals surface area contributed by atoms with Gasteiger partial charge in [0.2, 0.25) is 0 Å². The number of ether oxygens (including phenoxy) is 1. The second kappa shape index (κ2) is 6.52. The fourth-order valence-electron chi connectivity index (χ4n) is 0.871. The molecule has 0 N–H and O–H groups in total. The van der Waals surface area contributed by atoms with E-state index in [2.05, 4.69) is 0 Å². The zero-order valence-electron chi connectivity index (χ0n) is 9.19. The van der Waals surface area contributed by atoms with Crippen molar-refractivity contribution in [3.8, 4) is 0 Å². The van der Waals surface area contributed by atoms with Crippen molar-refractivity contribution in [2.75, 3.05) is 19.8 Å². The van der Waals surface area contributed by atoms with Crippen LogP contribution in [0.25, 0.3) is 0 Å². The van der Waals surface area contributed by atoms with Crippen LogP contribution in [-0.2, 0) is 18.0 Å². The Morgan fingerprint density at radius 1 is 1.00 bits per heavy atom. The van der Waals surface area contributed by atoms with Gasteiger partial charge in [-0.2, -0.15) is 0 Å². The third kappa shape index (κ3) is 5.07. The van der Waals surface area contributed by atoms with Crippen molar-refractivity contribution in [2.45, 2.75) is 39.4 Å². The van der Waals surface area contributed by atoms with Gasteiger partial charge in [0.15, 0.2) is 0 Å². The molecule has 1 aliphatic carbocycles. The maximum Gasteiger partial charge on any atom is 0.484 e. The zero-order valence-corrected chi connectivity index (χ0v) is 10.3. The molecule has 0 aromatic heterocycles. The summed E-state index contributed by atoms with van der Waals surface area (Å²) in [4.78, 5) is 0. The van der Waals surface area contributed by atoms with Crippen LogP contribution in [0.2, 0.25) is 0 Å². The van der Waals surface area contributed by atoms with Crippen LogP contribution in [0, 0.1) is 0 Å². The minimum absolute atomic E-state index is 0.677. The van der Waals surface area contributed by atoms with E-state index >= 15 is 0 Å². The van der Waals surface area contributed by atoms with Crippen LogP contribution in [0.1, 0.15) is 27.2 Å². The second-order valence-corrected chi connectivity index (χ2v) is 4.68. The molecule has 0 aromatic rings. The Morgan fingerprint density at radius 3 is 1.43 bits per heavy atom. The highest BCUT2D eigenvalue weighted by atomic mass is 28.3. The van der Waals surface area contributed by atoms with Crippen LogP contribution < -0.4 is 0 Å². The van der Waals surface area contributed by atoms with Gasteiger partial charge < -0.3 is 18.0 Å². The van der Waals surface area contributed by atoms with Crippen LogP contribution in [0.4, 0.5) is 0 Å². The molecular weight excluding hydrogens is 200 g/mol. The zero-order chi connectivity index (χ0) is 10.4. The predicted molar refractivity (Wildman–Crippen MR) is 55.3 cm³/mol. The van der Waals surface area contributed by atoms with Gasteiger partial charge in [-0.1, -0.05) is 0 Å². The first-order valence-electron chi connectivity index (χ1n) is 5.32. The molecule has 2 rings (SSSR count). The maximum atomic E-state index is 5.22. The van der Waals surface area contributed by atoms with Crippen molar-refractivity contribution in [2.24, 2.45) is 0 Å². The van der Waals surface area contributed by atoms with Crippen molar-refractivity contribution >= 4 is 9.53 Å². The average molecular weight is 220 g/mol. The lowest BCUT2D eigenvalue weighted by molar-refractivity contribution is 0.107. The number of epoxide rings is 1. The van der Waals surface area contributed by atoms with Crippen molar-refractivity contribution in [1.82, 2.24) is 0 Å². The number of hydrogen-bond acceptors (Lipinski definition) is 4. The molecule has 0 bridgehead atoms. The summed E-state index contributed by atoms with van der Waals surface area (Å²) >= 11 is 0. The van der Waals surface area contributed by atoms with Gasteiger partial charge in [-0.15, -0.1) is 0 Å². The van der Waals surface area contributed by atoms with E-state index in [4.69, 9.17) is 18.0 Å². The molecule has 0 spiro atoms. The van der Waals surface area contributed by atoms with E-state index in [0.29, 0.717) is 19.8 Å². The first-order chi connectivity index (χ1) is 6.81. The fraction of sp³-hybridized carbons (Fsp3) is 1.00. The predicted octanol–water partition coefficient (Wildman–Crippen LogP) is 0.971. The normalized spacial score (nSPS) is 26.6. The van der Waals surface area contributed by atoms with Gasteiger partial charge in [0, 0.05) is 26.2 Å².